The van der Waals surface area contributed by atoms with Gasteiger partial charge in [0, 0.05) is 50.0 Å². The molecule has 124 valence electrons. The molecule has 1 fully saturated rings. The highest BCUT2D eigenvalue weighted by Crippen LogP contribution is 2.23. The Kier molecular flexibility index (Phi) is 4.83. The minimum Gasteiger partial charge on any atom is -0.306 e. The van der Waals surface area contributed by atoms with Crippen molar-refractivity contribution in [3.8, 4) is 0 Å². The number of aryl methyl sites for hydroxylation is 1. The van der Waals surface area contributed by atoms with Gasteiger partial charge in [0.05, 0.1) is 6.20 Å². The smallest absolute Gasteiger partial charge is 0.0540 e. The van der Waals surface area contributed by atoms with Crippen molar-refractivity contribution < 1.29 is 0 Å². The van der Waals surface area contributed by atoms with Crippen LogP contribution in [0, 0.1) is 12.8 Å². The number of hydrogen-bond acceptors (Lipinski definition) is 3. The lowest BCUT2D eigenvalue weighted by atomic mass is 10.0. The van der Waals surface area contributed by atoms with E-state index < -0.39 is 0 Å². The second kappa shape index (κ2) is 6.85. The Morgan fingerprint density at radius 1 is 1.26 bits per heavy atom. The fourth-order valence-corrected chi connectivity index (χ4v) is 3.61. The van der Waals surface area contributed by atoms with Crippen LogP contribution in [0.5, 0.6) is 0 Å². The number of aromatic nitrogens is 2. The minimum absolute atomic E-state index is 0.341. The molecule has 1 aliphatic rings. The van der Waals surface area contributed by atoms with Crippen LogP contribution < -0.4 is 5.32 Å². The standard InChI is InChI=1S/C19H28N4/c1-14-11-23(12-17-8-6-5-7-9-17)13-19(14)21-15(2)18-10-20-22(4)16(18)3/h5-10,14-15,19,21H,11-13H2,1-4H3. The SMILES string of the molecule is Cc1c(C(C)NC2CN(Cc3ccccc3)CC2C)cnn1C. The molecule has 1 N–H and O–H groups in total. The summed E-state index contributed by atoms with van der Waals surface area (Å²) in [5, 5.41) is 8.19. The normalized spacial score (nSPS) is 23.3. The summed E-state index contributed by atoms with van der Waals surface area (Å²) in [7, 11) is 2.01. The zero-order valence-corrected chi connectivity index (χ0v) is 14.7. The Labute approximate surface area is 139 Å². The molecule has 0 saturated carbocycles. The van der Waals surface area contributed by atoms with Crippen LogP contribution in [0.1, 0.15) is 36.7 Å². The molecule has 1 aromatic heterocycles. The molecular weight excluding hydrogens is 284 g/mol. The third-order valence-corrected chi connectivity index (χ3v) is 5.14. The van der Waals surface area contributed by atoms with Gasteiger partial charge in [-0.1, -0.05) is 37.3 Å². The Balaban J connectivity index is 1.59. The average molecular weight is 312 g/mol. The van der Waals surface area contributed by atoms with Crippen molar-refractivity contribution in [1.29, 1.82) is 0 Å². The molecule has 4 nitrogen and oxygen atoms in total. The van der Waals surface area contributed by atoms with Crippen molar-refractivity contribution in [3.63, 3.8) is 0 Å². The van der Waals surface area contributed by atoms with Gasteiger partial charge < -0.3 is 5.32 Å². The number of likely N-dealkylation sites (tertiary alicyclic amines) is 1. The zero-order chi connectivity index (χ0) is 16.4. The first-order valence-electron chi connectivity index (χ1n) is 8.55. The van der Waals surface area contributed by atoms with E-state index in [2.05, 4.69) is 66.4 Å². The van der Waals surface area contributed by atoms with Gasteiger partial charge in [-0.25, -0.2) is 0 Å². The highest BCUT2D eigenvalue weighted by atomic mass is 15.3. The van der Waals surface area contributed by atoms with Crippen LogP contribution in [-0.4, -0.2) is 33.8 Å². The van der Waals surface area contributed by atoms with E-state index in [1.54, 1.807) is 0 Å². The van der Waals surface area contributed by atoms with Gasteiger partial charge in [-0.3, -0.25) is 9.58 Å². The summed E-state index contributed by atoms with van der Waals surface area (Å²) < 4.78 is 1.95. The minimum atomic E-state index is 0.341. The molecule has 2 heterocycles. The fraction of sp³-hybridized carbons (Fsp3) is 0.526. The van der Waals surface area contributed by atoms with Crippen LogP contribution >= 0.6 is 0 Å². The van der Waals surface area contributed by atoms with Gasteiger partial charge in [-0.05, 0) is 25.3 Å². The van der Waals surface area contributed by atoms with Crippen LogP contribution in [0.2, 0.25) is 0 Å². The van der Waals surface area contributed by atoms with E-state index in [1.807, 2.05) is 17.9 Å². The number of hydrogen-bond donors (Lipinski definition) is 1. The van der Waals surface area contributed by atoms with Crippen molar-refractivity contribution in [2.75, 3.05) is 13.1 Å². The molecule has 3 unspecified atom stereocenters. The average Bonchev–Trinajstić information content (AvgIpc) is 3.04. The van der Waals surface area contributed by atoms with E-state index in [0.717, 1.165) is 19.6 Å². The van der Waals surface area contributed by atoms with Crippen molar-refractivity contribution >= 4 is 0 Å². The molecule has 0 amide bonds. The van der Waals surface area contributed by atoms with E-state index in [0.29, 0.717) is 18.0 Å². The number of nitrogens with one attached hydrogen (secondary N) is 1. The second-order valence-electron chi connectivity index (χ2n) is 6.96. The summed E-state index contributed by atoms with van der Waals surface area (Å²) in [6.45, 7) is 10.1. The summed E-state index contributed by atoms with van der Waals surface area (Å²) >= 11 is 0. The second-order valence-corrected chi connectivity index (χ2v) is 6.96. The molecule has 23 heavy (non-hydrogen) atoms. The molecule has 1 aliphatic heterocycles. The highest BCUT2D eigenvalue weighted by Gasteiger charge is 2.30. The molecule has 1 aromatic carbocycles. The Morgan fingerprint density at radius 3 is 2.65 bits per heavy atom. The maximum Gasteiger partial charge on any atom is 0.0540 e. The van der Waals surface area contributed by atoms with E-state index >= 15 is 0 Å². The Hall–Kier alpha value is -1.65. The quantitative estimate of drug-likeness (QED) is 0.921. The summed E-state index contributed by atoms with van der Waals surface area (Å²) in [5.74, 6) is 0.665. The van der Waals surface area contributed by atoms with Crippen LogP contribution in [-0.2, 0) is 13.6 Å². The third-order valence-electron chi connectivity index (χ3n) is 5.14. The lowest BCUT2D eigenvalue weighted by molar-refractivity contribution is 0.314. The van der Waals surface area contributed by atoms with E-state index in [1.165, 1.54) is 16.8 Å². The van der Waals surface area contributed by atoms with E-state index in [-0.39, 0.29) is 0 Å². The van der Waals surface area contributed by atoms with Gasteiger partial charge in [0.15, 0.2) is 0 Å². The Bertz CT molecular complexity index is 634. The summed E-state index contributed by atoms with van der Waals surface area (Å²) in [4.78, 5) is 2.56. The molecule has 4 heteroatoms. The number of benzene rings is 1. The van der Waals surface area contributed by atoms with Gasteiger partial charge in [-0.2, -0.15) is 5.10 Å². The number of rotatable bonds is 5. The first-order chi connectivity index (χ1) is 11.0. The molecule has 1 saturated heterocycles. The summed E-state index contributed by atoms with van der Waals surface area (Å²) in [6, 6.07) is 11.6. The molecule has 0 radical (unpaired) electrons. The van der Waals surface area contributed by atoms with Crippen molar-refractivity contribution in [1.82, 2.24) is 20.0 Å². The van der Waals surface area contributed by atoms with Gasteiger partial charge in [0.1, 0.15) is 0 Å². The molecule has 0 aliphatic carbocycles. The predicted molar refractivity (Wildman–Crippen MR) is 94.2 cm³/mol. The van der Waals surface area contributed by atoms with Gasteiger partial charge in [0.2, 0.25) is 0 Å². The van der Waals surface area contributed by atoms with Gasteiger partial charge in [0.25, 0.3) is 0 Å². The maximum atomic E-state index is 4.37. The topological polar surface area (TPSA) is 33.1 Å². The molecule has 3 rings (SSSR count). The maximum absolute atomic E-state index is 4.37. The first-order valence-corrected chi connectivity index (χ1v) is 8.55. The largest absolute Gasteiger partial charge is 0.306 e. The molecule has 0 bridgehead atoms. The van der Waals surface area contributed by atoms with E-state index in [4.69, 9.17) is 0 Å². The van der Waals surface area contributed by atoms with Crippen LogP contribution in [0.3, 0.4) is 0 Å². The third kappa shape index (κ3) is 3.65. The molecule has 0 spiro atoms. The lowest BCUT2D eigenvalue weighted by Gasteiger charge is -2.22. The number of nitrogens with zero attached hydrogens (tertiary/aromatic N) is 3. The molecular formula is C19H28N4. The van der Waals surface area contributed by atoms with E-state index in [9.17, 15) is 0 Å². The molecule has 2 aromatic rings. The van der Waals surface area contributed by atoms with Gasteiger partial charge >= 0.3 is 0 Å². The Morgan fingerprint density at radius 2 is 2.00 bits per heavy atom. The molecule has 3 atom stereocenters. The highest BCUT2D eigenvalue weighted by molar-refractivity contribution is 5.20. The van der Waals surface area contributed by atoms with Gasteiger partial charge in [-0.15, -0.1) is 0 Å². The van der Waals surface area contributed by atoms with Crippen LogP contribution in [0.15, 0.2) is 36.5 Å². The van der Waals surface area contributed by atoms with Crippen LogP contribution in [0.25, 0.3) is 0 Å². The monoisotopic (exact) mass is 312 g/mol. The predicted octanol–water partition coefficient (Wildman–Crippen LogP) is 2.90. The lowest BCUT2D eigenvalue weighted by Crippen LogP contribution is -2.37. The fourth-order valence-electron chi connectivity index (χ4n) is 3.61. The zero-order valence-electron chi connectivity index (χ0n) is 14.7. The summed E-state index contributed by atoms with van der Waals surface area (Å²) in [5.41, 5.74) is 3.95. The first kappa shape index (κ1) is 16.2. The van der Waals surface area contributed by atoms with Crippen molar-refractivity contribution in [2.24, 2.45) is 13.0 Å². The van der Waals surface area contributed by atoms with Crippen LogP contribution in [0.4, 0.5) is 0 Å². The van der Waals surface area contributed by atoms with Crippen molar-refractivity contribution in [2.45, 2.75) is 39.4 Å². The van der Waals surface area contributed by atoms with Crippen molar-refractivity contribution in [3.05, 3.63) is 53.3 Å². The summed E-state index contributed by atoms with van der Waals surface area (Å²) in [6.07, 6.45) is 1.99.